The van der Waals surface area contributed by atoms with Gasteiger partial charge in [0.05, 0.1) is 7.11 Å². The van der Waals surface area contributed by atoms with Crippen LogP contribution in [0.4, 0.5) is 4.39 Å². The number of H-pyrrole nitrogens is 1. The van der Waals surface area contributed by atoms with Gasteiger partial charge in [0.15, 0.2) is 0 Å². The molecule has 3 heteroatoms. The number of hydrogen-bond acceptors (Lipinski definition) is 1. The summed E-state index contributed by atoms with van der Waals surface area (Å²) in [5.74, 6) is 0.421. The lowest BCUT2D eigenvalue weighted by atomic mass is 10.2. The highest BCUT2D eigenvalue weighted by Gasteiger charge is 2.02. The molecule has 0 saturated heterocycles. The van der Waals surface area contributed by atoms with Crippen molar-refractivity contribution in [2.75, 3.05) is 7.11 Å². The number of rotatable bonds is 1. The second-order valence-electron chi connectivity index (χ2n) is 2.55. The maximum Gasteiger partial charge on any atom is 0.148 e. The number of hydrogen-bond donors (Lipinski definition) is 1. The van der Waals surface area contributed by atoms with Gasteiger partial charge < -0.3 is 9.72 Å². The summed E-state index contributed by atoms with van der Waals surface area (Å²) in [5.41, 5.74) is 0.785. The minimum absolute atomic E-state index is 0.246. The van der Waals surface area contributed by atoms with Crippen LogP contribution in [0.5, 0.6) is 5.75 Å². The maximum absolute atomic E-state index is 13.0. The van der Waals surface area contributed by atoms with E-state index in [-0.39, 0.29) is 5.82 Å². The molecule has 0 fully saturated rings. The highest BCUT2D eigenvalue weighted by atomic mass is 19.1. The molecule has 0 amide bonds. The number of halogens is 1. The Kier molecular flexibility index (Phi) is 3.51. The van der Waals surface area contributed by atoms with Gasteiger partial charge >= 0.3 is 0 Å². The quantitative estimate of drug-likeness (QED) is 0.741. The SMILES string of the molecule is CC.COc1ccc2[nH]cc(F)c2c1. The molecule has 1 N–H and O–H groups in total. The lowest BCUT2D eigenvalue weighted by Gasteiger charge is -1.97. The number of fused-ring (bicyclic) bond motifs is 1. The predicted octanol–water partition coefficient (Wildman–Crippen LogP) is 3.34. The van der Waals surface area contributed by atoms with Crippen molar-refractivity contribution in [2.45, 2.75) is 13.8 Å². The number of ether oxygens (including phenoxy) is 1. The fraction of sp³-hybridized carbons (Fsp3) is 0.273. The Bertz CT molecular complexity index is 409. The van der Waals surface area contributed by atoms with Gasteiger partial charge in [0, 0.05) is 17.1 Å². The van der Waals surface area contributed by atoms with Crippen molar-refractivity contribution in [2.24, 2.45) is 0 Å². The van der Waals surface area contributed by atoms with Crippen LogP contribution in [0.15, 0.2) is 24.4 Å². The van der Waals surface area contributed by atoms with Crippen LogP contribution in [0.25, 0.3) is 10.9 Å². The van der Waals surface area contributed by atoms with Crippen molar-refractivity contribution in [3.63, 3.8) is 0 Å². The van der Waals surface area contributed by atoms with E-state index in [9.17, 15) is 4.39 Å². The Morgan fingerprint density at radius 3 is 2.64 bits per heavy atom. The predicted molar refractivity (Wildman–Crippen MR) is 56.2 cm³/mol. The van der Waals surface area contributed by atoms with Crippen molar-refractivity contribution in [1.29, 1.82) is 0 Å². The molecule has 0 saturated carbocycles. The van der Waals surface area contributed by atoms with E-state index < -0.39 is 0 Å². The summed E-state index contributed by atoms with van der Waals surface area (Å²) in [4.78, 5) is 2.81. The van der Waals surface area contributed by atoms with Crippen LogP contribution >= 0.6 is 0 Å². The summed E-state index contributed by atoms with van der Waals surface area (Å²) >= 11 is 0. The molecule has 1 aromatic heterocycles. The Labute approximate surface area is 82.7 Å². The third kappa shape index (κ3) is 1.87. The fourth-order valence-electron chi connectivity index (χ4n) is 1.19. The summed E-state index contributed by atoms with van der Waals surface area (Å²) in [6, 6.07) is 5.25. The zero-order chi connectivity index (χ0) is 10.6. The molecule has 76 valence electrons. The summed E-state index contributed by atoms with van der Waals surface area (Å²) in [6.07, 6.45) is 1.34. The van der Waals surface area contributed by atoms with Crippen LogP contribution in [-0.2, 0) is 0 Å². The fourth-order valence-corrected chi connectivity index (χ4v) is 1.19. The molecule has 1 heterocycles. The standard InChI is InChI=1S/C9H8FNO.C2H6/c1-12-6-2-3-9-7(4-6)8(10)5-11-9;1-2/h2-5,11H,1H3;1-2H3. The van der Waals surface area contributed by atoms with Gasteiger partial charge in [0.1, 0.15) is 11.6 Å². The first kappa shape index (κ1) is 10.6. The maximum atomic E-state index is 13.0. The molecule has 0 aliphatic heterocycles. The highest BCUT2D eigenvalue weighted by molar-refractivity contribution is 5.81. The Morgan fingerprint density at radius 1 is 1.29 bits per heavy atom. The summed E-state index contributed by atoms with van der Waals surface area (Å²) in [7, 11) is 1.56. The number of aromatic amines is 1. The summed E-state index contributed by atoms with van der Waals surface area (Å²) in [6.45, 7) is 4.00. The van der Waals surface area contributed by atoms with E-state index in [1.54, 1.807) is 25.3 Å². The molecule has 14 heavy (non-hydrogen) atoms. The molecular formula is C11H14FNO. The van der Waals surface area contributed by atoms with Crippen molar-refractivity contribution < 1.29 is 9.13 Å². The minimum Gasteiger partial charge on any atom is -0.497 e. The van der Waals surface area contributed by atoms with Gasteiger partial charge in [0.2, 0.25) is 0 Å². The van der Waals surface area contributed by atoms with Gasteiger partial charge in [-0.05, 0) is 18.2 Å². The molecule has 0 spiro atoms. The van der Waals surface area contributed by atoms with Gasteiger partial charge in [-0.25, -0.2) is 4.39 Å². The molecular weight excluding hydrogens is 181 g/mol. The molecule has 2 rings (SSSR count). The summed E-state index contributed by atoms with van der Waals surface area (Å²) < 4.78 is 17.9. The lowest BCUT2D eigenvalue weighted by Crippen LogP contribution is -1.81. The summed E-state index contributed by atoms with van der Waals surface area (Å²) in [5, 5.41) is 0.564. The normalized spacial score (nSPS) is 9.43. The Hall–Kier alpha value is -1.51. The molecule has 0 unspecified atom stereocenters. The molecule has 0 aliphatic rings. The average Bonchev–Trinajstić information content (AvgIpc) is 2.63. The first-order chi connectivity index (χ1) is 6.81. The molecule has 0 atom stereocenters. The average molecular weight is 195 g/mol. The molecule has 1 aromatic carbocycles. The van der Waals surface area contributed by atoms with Crippen molar-refractivity contribution in [3.8, 4) is 5.75 Å². The third-order valence-corrected chi connectivity index (χ3v) is 1.84. The van der Waals surface area contributed by atoms with Crippen LogP contribution in [-0.4, -0.2) is 12.1 Å². The van der Waals surface area contributed by atoms with Gasteiger partial charge in [0.25, 0.3) is 0 Å². The van der Waals surface area contributed by atoms with Gasteiger partial charge in [-0.1, -0.05) is 13.8 Å². The van der Waals surface area contributed by atoms with Gasteiger partial charge in [-0.3, -0.25) is 0 Å². The second-order valence-corrected chi connectivity index (χ2v) is 2.55. The van der Waals surface area contributed by atoms with Crippen LogP contribution < -0.4 is 4.74 Å². The Morgan fingerprint density at radius 2 is 2.00 bits per heavy atom. The van der Waals surface area contributed by atoms with Crippen molar-refractivity contribution >= 4 is 10.9 Å². The largest absolute Gasteiger partial charge is 0.497 e. The van der Waals surface area contributed by atoms with E-state index in [2.05, 4.69) is 4.98 Å². The monoisotopic (exact) mass is 195 g/mol. The minimum atomic E-state index is -0.246. The first-order valence-electron chi connectivity index (χ1n) is 4.62. The van der Waals surface area contributed by atoms with E-state index in [0.29, 0.717) is 11.1 Å². The van der Waals surface area contributed by atoms with E-state index in [1.807, 2.05) is 13.8 Å². The topological polar surface area (TPSA) is 25.0 Å². The molecule has 2 aromatic rings. The van der Waals surface area contributed by atoms with E-state index in [1.165, 1.54) is 6.20 Å². The van der Waals surface area contributed by atoms with Crippen molar-refractivity contribution in [3.05, 3.63) is 30.2 Å². The number of nitrogens with one attached hydrogen (secondary N) is 1. The number of methoxy groups -OCH3 is 1. The number of aromatic nitrogens is 1. The molecule has 0 bridgehead atoms. The highest BCUT2D eigenvalue weighted by Crippen LogP contribution is 2.21. The van der Waals surface area contributed by atoms with E-state index in [0.717, 1.165) is 5.52 Å². The van der Waals surface area contributed by atoms with Crippen LogP contribution in [0.1, 0.15) is 13.8 Å². The van der Waals surface area contributed by atoms with Gasteiger partial charge in [-0.2, -0.15) is 0 Å². The number of benzene rings is 1. The van der Waals surface area contributed by atoms with Crippen LogP contribution in [0, 0.1) is 5.82 Å². The van der Waals surface area contributed by atoms with Crippen LogP contribution in [0.3, 0.4) is 0 Å². The zero-order valence-corrected chi connectivity index (χ0v) is 8.60. The second kappa shape index (κ2) is 4.65. The van der Waals surface area contributed by atoms with E-state index in [4.69, 9.17) is 4.74 Å². The zero-order valence-electron chi connectivity index (χ0n) is 8.60. The Balaban J connectivity index is 0.000000461. The molecule has 0 aliphatic carbocycles. The van der Waals surface area contributed by atoms with E-state index >= 15 is 0 Å². The molecule has 2 nitrogen and oxygen atoms in total. The first-order valence-corrected chi connectivity index (χ1v) is 4.62. The lowest BCUT2D eigenvalue weighted by molar-refractivity contribution is 0.415. The van der Waals surface area contributed by atoms with Gasteiger partial charge in [-0.15, -0.1) is 0 Å². The van der Waals surface area contributed by atoms with Crippen molar-refractivity contribution in [1.82, 2.24) is 4.98 Å². The smallest absolute Gasteiger partial charge is 0.148 e. The third-order valence-electron chi connectivity index (χ3n) is 1.84. The van der Waals surface area contributed by atoms with Crippen LogP contribution in [0.2, 0.25) is 0 Å². The molecule has 0 radical (unpaired) electrons.